The molecular weight excluding hydrogens is 452 g/mol. The first-order valence-corrected chi connectivity index (χ1v) is 12.4. The minimum Gasteiger partial charge on any atom is -0.365 e. The lowest BCUT2D eigenvalue weighted by molar-refractivity contribution is 0.144. The molecule has 1 aromatic carbocycles. The van der Waals surface area contributed by atoms with Gasteiger partial charge in [0.05, 0.1) is 17.6 Å². The molecular formula is C24H31F2N9. The predicted molar refractivity (Wildman–Crippen MR) is 129 cm³/mol. The Kier molecular flexibility index (Phi) is 6.59. The maximum atomic E-state index is 15.1. The van der Waals surface area contributed by atoms with Crippen LogP contribution >= 0.6 is 0 Å². The van der Waals surface area contributed by atoms with E-state index in [1.54, 1.807) is 17.7 Å². The molecule has 0 bridgehead atoms. The van der Waals surface area contributed by atoms with E-state index in [-0.39, 0.29) is 23.5 Å². The summed E-state index contributed by atoms with van der Waals surface area (Å²) < 4.78 is 31.3. The highest BCUT2D eigenvalue weighted by Gasteiger charge is 2.30. The molecule has 3 aromatic rings. The zero-order valence-electron chi connectivity index (χ0n) is 20.3. The molecule has 0 radical (unpaired) electrons. The molecule has 1 saturated carbocycles. The number of piperidine rings is 1. The quantitative estimate of drug-likeness (QED) is 0.489. The molecule has 2 unspecified atom stereocenters. The Bertz CT molecular complexity index is 1190. The van der Waals surface area contributed by atoms with Crippen molar-refractivity contribution < 1.29 is 8.78 Å². The third kappa shape index (κ3) is 4.95. The average Bonchev–Trinajstić information content (AvgIpc) is 3.62. The highest BCUT2D eigenvalue weighted by molar-refractivity contribution is 5.62. The van der Waals surface area contributed by atoms with E-state index < -0.39 is 11.6 Å². The molecule has 11 heteroatoms. The second-order valence-corrected chi connectivity index (χ2v) is 9.37. The molecule has 0 spiro atoms. The largest absolute Gasteiger partial charge is 0.365 e. The second kappa shape index (κ2) is 9.80. The van der Waals surface area contributed by atoms with Crippen LogP contribution in [-0.4, -0.2) is 60.2 Å². The van der Waals surface area contributed by atoms with E-state index in [9.17, 15) is 4.39 Å². The molecule has 1 saturated heterocycles. The number of halogens is 2. The van der Waals surface area contributed by atoms with Gasteiger partial charge >= 0.3 is 0 Å². The second-order valence-electron chi connectivity index (χ2n) is 9.37. The topological polar surface area (TPSA) is 96.7 Å². The van der Waals surface area contributed by atoms with Crippen LogP contribution in [0.1, 0.15) is 63.3 Å². The van der Waals surface area contributed by atoms with Gasteiger partial charge in [0.2, 0.25) is 5.95 Å². The summed E-state index contributed by atoms with van der Waals surface area (Å²) in [5.41, 5.74) is 1.77. The van der Waals surface area contributed by atoms with E-state index in [1.165, 1.54) is 6.07 Å². The summed E-state index contributed by atoms with van der Waals surface area (Å²) in [5, 5.41) is 17.9. The van der Waals surface area contributed by atoms with Gasteiger partial charge in [-0.15, -0.1) is 5.10 Å². The van der Waals surface area contributed by atoms with Crippen LogP contribution in [0.4, 0.5) is 26.2 Å². The highest BCUT2D eigenvalue weighted by atomic mass is 19.1. The third-order valence-electron chi connectivity index (χ3n) is 7.03. The van der Waals surface area contributed by atoms with Crippen LogP contribution in [0.2, 0.25) is 0 Å². The van der Waals surface area contributed by atoms with Crippen LogP contribution in [0.25, 0.3) is 5.69 Å². The first kappa shape index (κ1) is 23.5. The molecule has 2 aliphatic rings. The number of anilines is 3. The fraction of sp³-hybridized carbons (Fsp3) is 0.542. The number of aromatic nitrogens is 6. The monoisotopic (exact) mass is 483 g/mol. The van der Waals surface area contributed by atoms with Crippen LogP contribution in [0.15, 0.2) is 18.3 Å². The van der Waals surface area contributed by atoms with E-state index in [2.05, 4.69) is 54.9 Å². The van der Waals surface area contributed by atoms with Gasteiger partial charge in [-0.2, -0.15) is 9.67 Å². The summed E-state index contributed by atoms with van der Waals surface area (Å²) in [6.45, 7) is 8.11. The molecule has 2 N–H and O–H groups in total. The third-order valence-corrected chi connectivity index (χ3v) is 7.03. The highest BCUT2D eigenvalue weighted by Crippen LogP contribution is 2.44. The smallest absolute Gasteiger partial charge is 0.229 e. The van der Waals surface area contributed by atoms with Crippen molar-refractivity contribution in [3.63, 3.8) is 0 Å². The molecule has 2 atom stereocenters. The number of hydrogen-bond donors (Lipinski definition) is 2. The van der Waals surface area contributed by atoms with Gasteiger partial charge in [-0.05, 0) is 79.6 Å². The Labute approximate surface area is 203 Å². The van der Waals surface area contributed by atoms with Crippen molar-refractivity contribution in [2.24, 2.45) is 0 Å². The van der Waals surface area contributed by atoms with Gasteiger partial charge in [-0.3, -0.25) is 0 Å². The van der Waals surface area contributed by atoms with Crippen molar-refractivity contribution in [2.75, 3.05) is 23.7 Å². The van der Waals surface area contributed by atoms with E-state index in [4.69, 9.17) is 0 Å². The lowest BCUT2D eigenvalue weighted by atomic mass is 9.95. The zero-order chi connectivity index (χ0) is 24.5. The van der Waals surface area contributed by atoms with E-state index in [0.717, 1.165) is 57.0 Å². The van der Waals surface area contributed by atoms with Crippen LogP contribution in [0.5, 0.6) is 0 Å². The fourth-order valence-corrected chi connectivity index (χ4v) is 4.95. The molecule has 186 valence electrons. The summed E-state index contributed by atoms with van der Waals surface area (Å²) >= 11 is 0. The van der Waals surface area contributed by atoms with Gasteiger partial charge in [-0.1, -0.05) is 13.8 Å². The van der Waals surface area contributed by atoms with E-state index in [1.807, 2.05) is 0 Å². The molecule has 9 nitrogen and oxygen atoms in total. The number of nitrogens with one attached hydrogen (secondary N) is 2. The number of tetrazole rings is 1. The first-order valence-electron chi connectivity index (χ1n) is 12.4. The van der Waals surface area contributed by atoms with Gasteiger partial charge < -0.3 is 15.5 Å². The molecule has 0 amide bonds. The van der Waals surface area contributed by atoms with E-state index >= 15 is 4.39 Å². The Morgan fingerprint density at radius 3 is 2.63 bits per heavy atom. The molecule has 2 aromatic heterocycles. The summed E-state index contributed by atoms with van der Waals surface area (Å²) in [7, 11) is 0. The van der Waals surface area contributed by atoms with Gasteiger partial charge in [0.1, 0.15) is 5.82 Å². The van der Waals surface area contributed by atoms with Crippen LogP contribution in [0.3, 0.4) is 0 Å². The number of rotatable bonds is 8. The Morgan fingerprint density at radius 2 is 1.94 bits per heavy atom. The summed E-state index contributed by atoms with van der Waals surface area (Å²) in [5.74, 6) is 0.176. The molecule has 5 rings (SSSR count). The number of likely N-dealkylation sites (tertiary alicyclic amines) is 1. The number of aryl methyl sites for hydroxylation is 1. The lowest BCUT2D eigenvalue weighted by Gasteiger charge is -2.39. The molecule has 3 heterocycles. The van der Waals surface area contributed by atoms with Crippen LogP contribution < -0.4 is 10.6 Å². The molecule has 1 aliphatic carbocycles. The number of nitrogens with zero attached hydrogens (tertiary/aromatic N) is 7. The van der Waals surface area contributed by atoms with E-state index in [0.29, 0.717) is 23.5 Å². The van der Waals surface area contributed by atoms with Crippen molar-refractivity contribution in [1.82, 2.24) is 35.1 Å². The minimum absolute atomic E-state index is 0.115. The van der Waals surface area contributed by atoms with Crippen LogP contribution in [-0.2, 0) is 0 Å². The molecule has 2 fully saturated rings. The summed E-state index contributed by atoms with van der Waals surface area (Å²) in [6, 6.07) is 3.76. The van der Waals surface area contributed by atoms with Crippen LogP contribution in [0, 0.1) is 18.6 Å². The van der Waals surface area contributed by atoms with Crippen molar-refractivity contribution in [2.45, 2.75) is 70.9 Å². The Hall–Kier alpha value is -3.21. The molecule has 1 aliphatic heterocycles. The summed E-state index contributed by atoms with van der Waals surface area (Å²) in [4.78, 5) is 10.8. The van der Waals surface area contributed by atoms with Crippen molar-refractivity contribution in [1.29, 1.82) is 0 Å². The SMILES string of the molecule is CCC1CC(Nc2nc(Nc3cc(-n4nnnc4C)c(C4CC4)cc3F)ncc2F)CCN1CC. The van der Waals surface area contributed by atoms with Crippen molar-refractivity contribution in [3.8, 4) is 5.69 Å². The number of benzene rings is 1. The number of hydrogen-bond acceptors (Lipinski definition) is 8. The Balaban J connectivity index is 1.38. The fourth-order valence-electron chi connectivity index (χ4n) is 4.95. The van der Waals surface area contributed by atoms with Crippen molar-refractivity contribution >= 4 is 17.5 Å². The zero-order valence-corrected chi connectivity index (χ0v) is 20.3. The maximum Gasteiger partial charge on any atom is 0.229 e. The van der Waals surface area contributed by atoms with Gasteiger partial charge in [0.25, 0.3) is 0 Å². The van der Waals surface area contributed by atoms with Gasteiger partial charge in [-0.25, -0.2) is 13.8 Å². The first-order chi connectivity index (χ1) is 17.0. The Morgan fingerprint density at radius 1 is 1.11 bits per heavy atom. The van der Waals surface area contributed by atoms with Crippen molar-refractivity contribution in [3.05, 3.63) is 41.4 Å². The predicted octanol–water partition coefficient (Wildman–Crippen LogP) is 4.33. The van der Waals surface area contributed by atoms with Gasteiger partial charge in [0.15, 0.2) is 17.5 Å². The standard InChI is InChI=1S/C24H31F2N9/c1-4-17-10-16(8-9-34(17)5-2)28-23-20(26)13-27-24(30-23)29-21-12-22(35-14(3)31-32-33-35)18(11-19(21)25)15-6-7-15/h11-13,15-17H,4-10H2,1-3H3,(H2,27,28,29,30). The minimum atomic E-state index is -0.531. The average molecular weight is 484 g/mol. The maximum absolute atomic E-state index is 15.1. The molecule has 35 heavy (non-hydrogen) atoms. The van der Waals surface area contributed by atoms with Gasteiger partial charge in [0, 0.05) is 18.6 Å². The normalized spacial score (nSPS) is 20.7. The lowest BCUT2D eigenvalue weighted by Crippen LogP contribution is -2.46. The summed E-state index contributed by atoms with van der Waals surface area (Å²) in [6.07, 6.45) is 5.99.